The van der Waals surface area contributed by atoms with Crippen LogP contribution in [0.1, 0.15) is 12.0 Å². The zero-order chi connectivity index (χ0) is 19.6. The Morgan fingerprint density at radius 3 is 2.74 bits per heavy atom. The summed E-state index contributed by atoms with van der Waals surface area (Å²) < 4.78 is 59.2. The lowest BCUT2D eigenvalue weighted by Gasteiger charge is -2.30. The van der Waals surface area contributed by atoms with Crippen molar-refractivity contribution in [3.8, 4) is 0 Å². The van der Waals surface area contributed by atoms with Gasteiger partial charge >= 0.3 is 0 Å². The second-order valence-corrected chi connectivity index (χ2v) is 7.76. The van der Waals surface area contributed by atoms with Gasteiger partial charge in [0.25, 0.3) is 15.9 Å². The van der Waals surface area contributed by atoms with Gasteiger partial charge in [0, 0.05) is 19.3 Å². The molecule has 1 N–H and O–H groups in total. The fourth-order valence-corrected chi connectivity index (χ4v) is 4.13. The minimum Gasteiger partial charge on any atom is -0.375 e. The molecule has 0 radical (unpaired) electrons. The van der Waals surface area contributed by atoms with Gasteiger partial charge in [-0.3, -0.25) is 9.52 Å². The minimum atomic E-state index is -4.33. The summed E-state index contributed by atoms with van der Waals surface area (Å²) in [6.07, 6.45) is 1.53. The molecular weight excluding hydrogens is 378 g/mol. The Morgan fingerprint density at radius 2 is 2.00 bits per heavy atom. The number of hydrogen-bond donors (Lipinski definition) is 1. The molecule has 27 heavy (non-hydrogen) atoms. The van der Waals surface area contributed by atoms with Gasteiger partial charge in [0.2, 0.25) is 0 Å². The Balaban J connectivity index is 1.93. The summed E-state index contributed by atoms with van der Waals surface area (Å²) in [6, 6.07) is 6.95. The molecule has 1 heterocycles. The van der Waals surface area contributed by atoms with E-state index in [0.717, 1.165) is 30.5 Å². The van der Waals surface area contributed by atoms with Crippen molar-refractivity contribution in [1.29, 1.82) is 0 Å². The van der Waals surface area contributed by atoms with Gasteiger partial charge in [-0.2, -0.15) is 0 Å². The van der Waals surface area contributed by atoms with Gasteiger partial charge in [0.15, 0.2) is 0 Å². The Morgan fingerprint density at radius 1 is 1.22 bits per heavy atom. The monoisotopic (exact) mass is 396 g/mol. The molecule has 1 amide bonds. The lowest BCUT2D eigenvalue weighted by Crippen LogP contribution is -2.37. The molecule has 3 rings (SSSR count). The van der Waals surface area contributed by atoms with Crippen molar-refractivity contribution in [3.63, 3.8) is 0 Å². The van der Waals surface area contributed by atoms with Gasteiger partial charge in [-0.1, -0.05) is 6.07 Å². The largest absolute Gasteiger partial charge is 0.375 e. The van der Waals surface area contributed by atoms with Crippen molar-refractivity contribution in [3.05, 3.63) is 53.6 Å². The number of carbonyl (C=O) groups is 1. The molecule has 0 saturated heterocycles. The minimum absolute atomic E-state index is 0.0934. The Kier molecular flexibility index (Phi) is 5.43. The summed E-state index contributed by atoms with van der Waals surface area (Å²) in [5.74, 6) is -2.16. The number of sulfonamides is 1. The van der Waals surface area contributed by atoms with Crippen LogP contribution in [0.4, 0.5) is 20.2 Å². The van der Waals surface area contributed by atoms with E-state index in [-0.39, 0.29) is 18.2 Å². The molecule has 9 heteroatoms. The molecule has 6 nitrogen and oxygen atoms in total. The molecule has 0 fully saturated rings. The quantitative estimate of drug-likeness (QED) is 0.843. The van der Waals surface area contributed by atoms with Gasteiger partial charge in [-0.25, -0.2) is 17.2 Å². The second kappa shape index (κ2) is 7.61. The Hall–Kier alpha value is -2.52. The molecule has 1 aliphatic rings. The van der Waals surface area contributed by atoms with Gasteiger partial charge in [0.1, 0.15) is 23.1 Å². The van der Waals surface area contributed by atoms with Crippen molar-refractivity contribution >= 4 is 27.3 Å². The number of benzene rings is 2. The SMILES string of the molecule is COCC(=O)N1CCCc2ccc(NS(=O)(=O)c3cc(F)ccc3F)cc21. The van der Waals surface area contributed by atoms with Gasteiger partial charge in [-0.05, 0) is 48.7 Å². The number of methoxy groups -OCH3 is 1. The number of aryl methyl sites for hydroxylation is 1. The van der Waals surface area contributed by atoms with Crippen LogP contribution in [0.5, 0.6) is 0 Å². The van der Waals surface area contributed by atoms with Crippen molar-refractivity contribution in [2.45, 2.75) is 17.7 Å². The van der Waals surface area contributed by atoms with Crippen LogP contribution in [0, 0.1) is 11.6 Å². The molecule has 1 aliphatic heterocycles. The summed E-state index contributed by atoms with van der Waals surface area (Å²) >= 11 is 0. The second-order valence-electron chi connectivity index (χ2n) is 6.11. The lowest BCUT2D eigenvalue weighted by molar-refractivity contribution is -0.122. The lowest BCUT2D eigenvalue weighted by atomic mass is 10.0. The van der Waals surface area contributed by atoms with Crippen LogP contribution in [-0.4, -0.2) is 34.6 Å². The number of halogens is 2. The van der Waals surface area contributed by atoms with Crippen LogP contribution >= 0.6 is 0 Å². The molecule has 0 atom stereocenters. The molecule has 0 unspecified atom stereocenters. The van der Waals surface area contributed by atoms with E-state index in [1.165, 1.54) is 24.1 Å². The maximum Gasteiger partial charge on any atom is 0.264 e. The predicted octanol–water partition coefficient (Wildman–Crippen LogP) is 2.69. The number of rotatable bonds is 5. The number of fused-ring (bicyclic) bond motifs is 1. The highest BCUT2D eigenvalue weighted by molar-refractivity contribution is 7.92. The van der Waals surface area contributed by atoms with Crippen molar-refractivity contribution in [1.82, 2.24) is 0 Å². The molecule has 0 aromatic heterocycles. The third-order valence-electron chi connectivity index (χ3n) is 4.21. The van der Waals surface area contributed by atoms with Crippen LogP contribution in [0.15, 0.2) is 41.3 Å². The first-order valence-corrected chi connectivity index (χ1v) is 9.70. The highest BCUT2D eigenvalue weighted by Crippen LogP contribution is 2.31. The van der Waals surface area contributed by atoms with E-state index < -0.39 is 26.6 Å². The molecule has 0 bridgehead atoms. The number of nitrogens with zero attached hydrogens (tertiary/aromatic N) is 1. The first kappa shape index (κ1) is 19.2. The first-order chi connectivity index (χ1) is 12.8. The molecule has 2 aromatic rings. The normalized spacial score (nSPS) is 14.0. The molecule has 144 valence electrons. The standard InChI is InChI=1S/C18H18F2N2O4S/c1-26-11-18(23)22-8-2-3-12-4-6-14(10-16(12)22)21-27(24,25)17-9-13(19)5-7-15(17)20/h4-7,9-10,21H,2-3,8,11H2,1H3. The molecule has 0 spiro atoms. The fraction of sp³-hybridized carbons (Fsp3) is 0.278. The van der Waals surface area contributed by atoms with E-state index in [9.17, 15) is 22.0 Å². The van der Waals surface area contributed by atoms with E-state index >= 15 is 0 Å². The molecular formula is C18H18F2N2O4S. The number of nitrogens with one attached hydrogen (secondary N) is 1. The average molecular weight is 396 g/mol. The third-order valence-corrected chi connectivity index (χ3v) is 5.60. The zero-order valence-corrected chi connectivity index (χ0v) is 15.4. The van der Waals surface area contributed by atoms with E-state index in [0.29, 0.717) is 18.3 Å². The maximum absolute atomic E-state index is 13.8. The van der Waals surface area contributed by atoms with Crippen LogP contribution in [0.3, 0.4) is 0 Å². The highest BCUT2D eigenvalue weighted by atomic mass is 32.2. The Labute approximate surface area is 155 Å². The van der Waals surface area contributed by atoms with E-state index in [1.807, 2.05) is 0 Å². The smallest absolute Gasteiger partial charge is 0.264 e. The number of ether oxygens (including phenoxy) is 1. The van der Waals surface area contributed by atoms with Crippen molar-refractivity contribution in [2.24, 2.45) is 0 Å². The van der Waals surface area contributed by atoms with E-state index in [2.05, 4.69) is 4.72 Å². The predicted molar refractivity (Wildman–Crippen MR) is 96.2 cm³/mol. The number of amides is 1. The van der Waals surface area contributed by atoms with Crippen LogP contribution in [0.25, 0.3) is 0 Å². The van der Waals surface area contributed by atoms with Crippen LogP contribution < -0.4 is 9.62 Å². The topological polar surface area (TPSA) is 75.7 Å². The average Bonchev–Trinajstić information content (AvgIpc) is 2.63. The molecule has 0 saturated carbocycles. The van der Waals surface area contributed by atoms with Crippen LogP contribution in [0.2, 0.25) is 0 Å². The highest BCUT2D eigenvalue weighted by Gasteiger charge is 2.25. The zero-order valence-electron chi connectivity index (χ0n) is 14.5. The maximum atomic E-state index is 13.8. The first-order valence-electron chi connectivity index (χ1n) is 8.22. The fourth-order valence-electron chi connectivity index (χ4n) is 2.99. The van der Waals surface area contributed by atoms with Gasteiger partial charge < -0.3 is 9.64 Å². The summed E-state index contributed by atoms with van der Waals surface area (Å²) in [6.45, 7) is 0.397. The number of carbonyl (C=O) groups excluding carboxylic acids is 1. The van der Waals surface area contributed by atoms with E-state index in [4.69, 9.17) is 4.74 Å². The third kappa shape index (κ3) is 4.09. The summed E-state index contributed by atoms with van der Waals surface area (Å²) in [5, 5.41) is 0. The van der Waals surface area contributed by atoms with Gasteiger partial charge in [-0.15, -0.1) is 0 Å². The molecule has 0 aliphatic carbocycles. The van der Waals surface area contributed by atoms with Crippen molar-refractivity contribution in [2.75, 3.05) is 29.9 Å². The molecule has 2 aromatic carbocycles. The summed E-state index contributed by atoms with van der Waals surface area (Å²) in [7, 11) is -2.92. The Bertz CT molecular complexity index is 979. The van der Waals surface area contributed by atoms with Gasteiger partial charge in [0.05, 0.1) is 5.69 Å². The summed E-state index contributed by atoms with van der Waals surface area (Å²) in [5.41, 5.74) is 1.61. The van der Waals surface area contributed by atoms with Crippen LogP contribution in [-0.2, 0) is 26.0 Å². The number of anilines is 2. The van der Waals surface area contributed by atoms with E-state index in [1.54, 1.807) is 6.07 Å². The number of hydrogen-bond acceptors (Lipinski definition) is 4. The van der Waals surface area contributed by atoms with Crippen molar-refractivity contribution < 1.29 is 26.7 Å². The summed E-state index contributed by atoms with van der Waals surface area (Å²) in [4.78, 5) is 13.0.